The maximum Gasteiger partial charge on any atom is 0.408 e. The Bertz CT molecular complexity index is 1440. The fourth-order valence-corrected chi connectivity index (χ4v) is 6.26. The van der Waals surface area contributed by atoms with Gasteiger partial charge in [0, 0.05) is 36.1 Å². The van der Waals surface area contributed by atoms with Crippen LogP contribution in [0.2, 0.25) is 0 Å². The molecule has 0 spiro atoms. The van der Waals surface area contributed by atoms with Crippen molar-refractivity contribution in [3.8, 4) is 28.3 Å². The van der Waals surface area contributed by atoms with Crippen molar-refractivity contribution in [3.63, 3.8) is 0 Å². The van der Waals surface area contributed by atoms with E-state index in [1.807, 2.05) is 86.3 Å². The number of pyridine rings is 1. The highest BCUT2D eigenvalue weighted by molar-refractivity contribution is 5.99. The van der Waals surface area contributed by atoms with Crippen LogP contribution < -0.4 is 9.64 Å². The van der Waals surface area contributed by atoms with E-state index in [1.165, 1.54) is 4.90 Å². The minimum Gasteiger partial charge on any atom is -0.466 e. The van der Waals surface area contributed by atoms with Crippen LogP contribution in [0.5, 0.6) is 5.88 Å². The number of carbonyl (C=O) groups excluding carboxylic acids is 1. The van der Waals surface area contributed by atoms with Gasteiger partial charge in [0.25, 0.3) is 5.91 Å². The molecule has 1 aromatic heterocycles. The third-order valence-corrected chi connectivity index (χ3v) is 8.25. The number of aliphatic hydroxyl groups excluding tert-OH is 1. The van der Waals surface area contributed by atoms with E-state index >= 15 is 0 Å². The molecule has 8 nitrogen and oxygen atoms in total. The van der Waals surface area contributed by atoms with E-state index < -0.39 is 23.3 Å². The molecule has 2 aliphatic carbocycles. The number of carboxylic acid groups (broad SMARTS) is 1. The monoisotopic (exact) mass is 541 g/mol. The Morgan fingerprint density at radius 3 is 2.33 bits per heavy atom. The van der Waals surface area contributed by atoms with Crippen LogP contribution in [0.1, 0.15) is 52.0 Å². The summed E-state index contributed by atoms with van der Waals surface area (Å²) in [5.41, 5.74) is 3.54. The minimum absolute atomic E-state index is 0.0293. The molecule has 1 aliphatic heterocycles. The molecule has 2 fully saturated rings. The number of hydrogen-bond donors (Lipinski definition) is 2. The summed E-state index contributed by atoms with van der Waals surface area (Å²) in [7, 11) is 0. The first kappa shape index (κ1) is 26.3. The number of nitrogens with zero attached hydrogens (tertiary/aromatic N) is 3. The fourth-order valence-electron chi connectivity index (χ4n) is 6.26. The number of aromatic nitrogens is 1. The zero-order chi connectivity index (χ0) is 28.2. The molecule has 8 heteroatoms. The van der Waals surface area contributed by atoms with Gasteiger partial charge in [0.05, 0.1) is 17.3 Å². The molecule has 0 radical (unpaired) electrons. The van der Waals surface area contributed by atoms with Crippen LogP contribution in [0.4, 0.5) is 10.5 Å². The Morgan fingerprint density at radius 1 is 1.07 bits per heavy atom. The number of rotatable bonds is 6. The molecule has 2 N–H and O–H groups in total. The van der Waals surface area contributed by atoms with Gasteiger partial charge in [-0.1, -0.05) is 54.6 Å². The highest BCUT2D eigenvalue weighted by Crippen LogP contribution is 2.50. The van der Waals surface area contributed by atoms with Crippen LogP contribution in [0.3, 0.4) is 0 Å². The second kappa shape index (κ2) is 9.63. The Balaban J connectivity index is 1.43. The molecule has 3 aromatic rings. The van der Waals surface area contributed by atoms with E-state index in [4.69, 9.17) is 9.72 Å². The van der Waals surface area contributed by atoms with E-state index in [-0.39, 0.29) is 12.5 Å². The number of aliphatic hydroxyl groups is 1. The van der Waals surface area contributed by atoms with Crippen LogP contribution in [0.15, 0.2) is 60.7 Å². The Hall–Kier alpha value is -3.91. The molecule has 0 bridgehead atoms. The second-order valence-corrected chi connectivity index (χ2v) is 12.3. The normalized spacial score (nSPS) is 22.2. The van der Waals surface area contributed by atoms with Crippen molar-refractivity contribution < 1.29 is 24.5 Å². The molecule has 40 heavy (non-hydrogen) atoms. The summed E-state index contributed by atoms with van der Waals surface area (Å²) in [6, 6.07) is 19.8. The molecular weight excluding hydrogens is 506 g/mol. The smallest absolute Gasteiger partial charge is 0.408 e. The number of anilines is 1. The van der Waals surface area contributed by atoms with Crippen LogP contribution in [0, 0.1) is 5.92 Å². The lowest BCUT2D eigenvalue weighted by Crippen LogP contribution is -2.64. The topological polar surface area (TPSA) is 103 Å². The summed E-state index contributed by atoms with van der Waals surface area (Å²) in [6.07, 6.45) is 1.41. The predicted octanol–water partition coefficient (Wildman–Crippen LogP) is 5.68. The van der Waals surface area contributed by atoms with Gasteiger partial charge in [0.1, 0.15) is 5.69 Å². The summed E-state index contributed by atoms with van der Waals surface area (Å²) < 4.78 is 5.83. The number of benzene rings is 2. The number of ether oxygens (including phenoxy) is 1. The van der Waals surface area contributed by atoms with Crippen LogP contribution in [-0.4, -0.2) is 56.9 Å². The van der Waals surface area contributed by atoms with Crippen molar-refractivity contribution in [2.24, 2.45) is 5.92 Å². The van der Waals surface area contributed by atoms with Crippen LogP contribution in [-0.2, 0) is 10.3 Å². The zero-order valence-electron chi connectivity index (χ0n) is 23.1. The highest BCUT2D eigenvalue weighted by atomic mass is 16.5. The molecule has 208 valence electrons. The van der Waals surface area contributed by atoms with Crippen molar-refractivity contribution in [2.75, 3.05) is 18.1 Å². The lowest BCUT2D eigenvalue weighted by Gasteiger charge is -2.56. The minimum atomic E-state index is -1.01. The third-order valence-electron chi connectivity index (χ3n) is 8.25. The van der Waals surface area contributed by atoms with Gasteiger partial charge in [-0.05, 0) is 56.7 Å². The number of hydrogen-bond acceptors (Lipinski definition) is 5. The van der Waals surface area contributed by atoms with Crippen LogP contribution in [0.25, 0.3) is 22.4 Å². The average molecular weight is 542 g/mol. The van der Waals surface area contributed by atoms with Gasteiger partial charge in [0.15, 0.2) is 6.61 Å². The van der Waals surface area contributed by atoms with Gasteiger partial charge in [-0.3, -0.25) is 9.69 Å². The summed E-state index contributed by atoms with van der Waals surface area (Å²) in [5, 5.41) is 20.4. The number of carbonyl (C=O) groups is 2. The van der Waals surface area contributed by atoms with E-state index in [9.17, 15) is 19.8 Å². The number of fused-ring (bicyclic) bond motifs is 1. The molecule has 0 unspecified atom stereocenters. The summed E-state index contributed by atoms with van der Waals surface area (Å²) >= 11 is 0. The predicted molar refractivity (Wildman–Crippen MR) is 152 cm³/mol. The zero-order valence-corrected chi connectivity index (χ0v) is 23.1. The first-order chi connectivity index (χ1) is 19.1. The third kappa shape index (κ3) is 4.60. The van der Waals surface area contributed by atoms with E-state index in [2.05, 4.69) is 0 Å². The molecule has 0 saturated heterocycles. The molecule has 3 aliphatic rings. The standard InChI is InChI=1S/C32H35N3O5/c1-31(2,3)35(30(38)39)32(16-24(36)17-32)23-13-11-22(12-14-23)28-25(21-7-5-4-6-8-21)15-26-29(33-28)40-19-27(37)34(26)18-20-9-10-20/h4-8,11-15,20,24,36H,9-10,16-19H2,1-3H3,(H,38,39)/t24-,32-. The molecule has 2 saturated carbocycles. The Labute approximate surface area is 234 Å². The highest BCUT2D eigenvalue weighted by Gasteiger charge is 2.54. The van der Waals surface area contributed by atoms with Gasteiger partial charge >= 0.3 is 6.09 Å². The van der Waals surface area contributed by atoms with E-state index in [1.54, 1.807) is 0 Å². The lowest BCUT2D eigenvalue weighted by molar-refractivity contribution is -0.121. The molecular formula is C32H35N3O5. The number of amides is 2. The van der Waals surface area contributed by atoms with E-state index in [0.717, 1.165) is 40.8 Å². The Morgan fingerprint density at radius 2 is 1.75 bits per heavy atom. The van der Waals surface area contributed by atoms with Gasteiger partial charge in [0.2, 0.25) is 5.88 Å². The van der Waals surface area contributed by atoms with Crippen molar-refractivity contribution >= 4 is 17.7 Å². The Kier molecular flexibility index (Phi) is 6.33. The summed E-state index contributed by atoms with van der Waals surface area (Å²) in [6.45, 7) is 6.28. The lowest BCUT2D eigenvalue weighted by atomic mass is 9.67. The SMILES string of the molecule is CC(C)(C)N(C(=O)O)[C@]1(c2ccc(-c3nc4c(cc3-c3ccccc3)N(CC3CC3)C(=O)CO4)cc2)C[C@@H](O)C1. The molecule has 2 amide bonds. The largest absolute Gasteiger partial charge is 0.466 e. The van der Waals surface area contributed by atoms with E-state index in [0.29, 0.717) is 36.9 Å². The molecule has 6 rings (SSSR count). The quantitative estimate of drug-likeness (QED) is 0.416. The average Bonchev–Trinajstić information content (AvgIpc) is 3.72. The fraction of sp³-hybridized carbons (Fsp3) is 0.406. The van der Waals surface area contributed by atoms with Gasteiger partial charge in [-0.15, -0.1) is 0 Å². The van der Waals surface area contributed by atoms with Crippen LogP contribution >= 0.6 is 0 Å². The van der Waals surface area contributed by atoms with Crippen molar-refractivity contribution in [1.29, 1.82) is 0 Å². The molecule has 2 heterocycles. The summed E-state index contributed by atoms with van der Waals surface area (Å²) in [5.74, 6) is 0.924. The second-order valence-electron chi connectivity index (χ2n) is 12.3. The van der Waals surface area contributed by atoms with Gasteiger partial charge < -0.3 is 19.8 Å². The first-order valence-corrected chi connectivity index (χ1v) is 13.9. The first-order valence-electron chi connectivity index (χ1n) is 13.9. The maximum atomic E-state index is 12.8. The van der Waals surface area contributed by atoms with Gasteiger partial charge in [-0.2, -0.15) is 0 Å². The van der Waals surface area contributed by atoms with Crippen molar-refractivity contribution in [1.82, 2.24) is 9.88 Å². The maximum absolute atomic E-state index is 12.8. The van der Waals surface area contributed by atoms with Crippen molar-refractivity contribution in [3.05, 3.63) is 66.2 Å². The van der Waals surface area contributed by atoms with Gasteiger partial charge in [-0.25, -0.2) is 9.78 Å². The van der Waals surface area contributed by atoms with Crippen molar-refractivity contribution in [2.45, 2.75) is 63.6 Å². The molecule has 2 aromatic carbocycles. The molecule has 0 atom stereocenters. The summed E-state index contributed by atoms with van der Waals surface area (Å²) in [4.78, 5) is 33.5.